The second-order valence-corrected chi connectivity index (χ2v) is 2.48. The van der Waals surface area contributed by atoms with Gasteiger partial charge in [-0.2, -0.15) is 5.10 Å². The second-order valence-electron chi connectivity index (χ2n) is 2.48. The van der Waals surface area contributed by atoms with E-state index >= 15 is 0 Å². The zero-order chi connectivity index (χ0) is 7.84. The van der Waals surface area contributed by atoms with Gasteiger partial charge in [-0.15, -0.1) is 0 Å². The van der Waals surface area contributed by atoms with Crippen molar-refractivity contribution in [2.45, 2.75) is 6.92 Å². The van der Waals surface area contributed by atoms with Crippen LogP contribution in [0.25, 0.3) is 5.52 Å². The zero-order valence-electron chi connectivity index (χ0n) is 6.08. The van der Waals surface area contributed by atoms with Crippen LogP contribution >= 0.6 is 0 Å². The Morgan fingerprint density at radius 1 is 1.55 bits per heavy atom. The molecule has 0 unspecified atom stereocenters. The van der Waals surface area contributed by atoms with Crippen molar-refractivity contribution in [1.29, 1.82) is 0 Å². The van der Waals surface area contributed by atoms with Crippen LogP contribution in [-0.2, 0) is 0 Å². The molecule has 0 aliphatic carbocycles. The van der Waals surface area contributed by atoms with Crippen molar-refractivity contribution in [3.63, 3.8) is 0 Å². The van der Waals surface area contributed by atoms with Gasteiger partial charge in [-0.3, -0.25) is 0 Å². The maximum atomic E-state index is 13.0. The first kappa shape index (κ1) is 6.34. The Morgan fingerprint density at radius 2 is 2.36 bits per heavy atom. The van der Waals surface area contributed by atoms with Crippen molar-refractivity contribution in [3.05, 3.63) is 35.9 Å². The minimum Gasteiger partial charge on any atom is -0.238 e. The van der Waals surface area contributed by atoms with Gasteiger partial charge in [0.1, 0.15) is 11.3 Å². The molecular weight excluding hydrogens is 143 g/mol. The molecule has 2 heterocycles. The molecule has 0 aliphatic heterocycles. The molecule has 56 valence electrons. The maximum Gasteiger partial charge on any atom is 0.149 e. The van der Waals surface area contributed by atoms with E-state index in [9.17, 15) is 4.39 Å². The van der Waals surface area contributed by atoms with E-state index in [-0.39, 0.29) is 5.82 Å². The van der Waals surface area contributed by atoms with Gasteiger partial charge in [0.05, 0.1) is 6.20 Å². The summed E-state index contributed by atoms with van der Waals surface area (Å²) in [5.74, 6) is -0.220. The number of rotatable bonds is 0. The summed E-state index contributed by atoms with van der Waals surface area (Å²) in [6.45, 7) is 1.84. The summed E-state index contributed by atoms with van der Waals surface area (Å²) in [4.78, 5) is 0. The number of hydrogen-bond acceptors (Lipinski definition) is 1. The molecule has 0 amide bonds. The maximum absolute atomic E-state index is 13.0. The molecule has 0 bridgehead atoms. The summed E-state index contributed by atoms with van der Waals surface area (Å²) >= 11 is 0. The summed E-state index contributed by atoms with van der Waals surface area (Å²) in [6, 6.07) is 3.07. The van der Waals surface area contributed by atoms with E-state index < -0.39 is 0 Å². The summed E-state index contributed by atoms with van der Waals surface area (Å²) in [6.07, 6.45) is 3.38. The van der Waals surface area contributed by atoms with Gasteiger partial charge < -0.3 is 0 Å². The van der Waals surface area contributed by atoms with Crippen LogP contribution in [-0.4, -0.2) is 9.61 Å². The van der Waals surface area contributed by atoms with Gasteiger partial charge in [0, 0.05) is 6.20 Å². The van der Waals surface area contributed by atoms with E-state index in [1.54, 1.807) is 18.5 Å². The summed E-state index contributed by atoms with van der Waals surface area (Å²) in [5, 5.41) is 3.96. The number of hydrogen-bond donors (Lipinski definition) is 0. The van der Waals surface area contributed by atoms with Crippen LogP contribution in [0.4, 0.5) is 4.39 Å². The third-order valence-electron chi connectivity index (χ3n) is 1.67. The predicted molar refractivity (Wildman–Crippen MR) is 39.9 cm³/mol. The van der Waals surface area contributed by atoms with Crippen LogP contribution in [0.2, 0.25) is 0 Å². The highest BCUT2D eigenvalue weighted by atomic mass is 19.1. The highest BCUT2D eigenvalue weighted by Gasteiger charge is 2.02. The lowest BCUT2D eigenvalue weighted by Crippen LogP contribution is -1.88. The molecule has 2 aromatic rings. The SMILES string of the molecule is Cc1cnn2cccc(F)c12. The van der Waals surface area contributed by atoms with Crippen LogP contribution in [0.3, 0.4) is 0 Å². The Balaban J connectivity index is 2.96. The Hall–Kier alpha value is -1.38. The summed E-state index contributed by atoms with van der Waals surface area (Å²) < 4.78 is 14.6. The molecule has 0 saturated carbocycles. The molecule has 2 rings (SSSR count). The smallest absolute Gasteiger partial charge is 0.149 e. The van der Waals surface area contributed by atoms with E-state index in [1.807, 2.05) is 6.92 Å². The average molecular weight is 150 g/mol. The Morgan fingerprint density at radius 3 is 3.09 bits per heavy atom. The number of fused-ring (bicyclic) bond motifs is 1. The van der Waals surface area contributed by atoms with Crippen LogP contribution in [0.15, 0.2) is 24.5 Å². The first-order valence-electron chi connectivity index (χ1n) is 3.37. The lowest BCUT2D eigenvalue weighted by molar-refractivity contribution is 0.630. The third-order valence-corrected chi connectivity index (χ3v) is 1.67. The van der Waals surface area contributed by atoms with Gasteiger partial charge in [-0.05, 0) is 24.6 Å². The van der Waals surface area contributed by atoms with Crippen LogP contribution in [0, 0.1) is 12.7 Å². The van der Waals surface area contributed by atoms with Crippen molar-refractivity contribution < 1.29 is 4.39 Å². The molecule has 0 saturated heterocycles. The molecule has 2 aromatic heterocycles. The van der Waals surface area contributed by atoms with Crippen LogP contribution in [0.5, 0.6) is 0 Å². The highest BCUT2D eigenvalue weighted by Crippen LogP contribution is 2.12. The van der Waals surface area contributed by atoms with Crippen molar-refractivity contribution >= 4 is 5.52 Å². The minimum atomic E-state index is -0.220. The molecule has 0 N–H and O–H groups in total. The lowest BCUT2D eigenvalue weighted by Gasteiger charge is -1.93. The van der Waals surface area contributed by atoms with E-state index in [0.29, 0.717) is 5.52 Å². The molecule has 0 fully saturated rings. The Bertz CT molecular complexity index is 392. The van der Waals surface area contributed by atoms with Crippen molar-refractivity contribution in [2.75, 3.05) is 0 Å². The minimum absolute atomic E-state index is 0.220. The van der Waals surface area contributed by atoms with Gasteiger partial charge in [0.15, 0.2) is 0 Å². The predicted octanol–water partition coefficient (Wildman–Crippen LogP) is 1.78. The highest BCUT2D eigenvalue weighted by molar-refractivity contribution is 5.53. The average Bonchev–Trinajstić information content (AvgIpc) is 2.34. The van der Waals surface area contributed by atoms with Crippen molar-refractivity contribution in [3.8, 4) is 0 Å². The zero-order valence-corrected chi connectivity index (χ0v) is 6.08. The Kier molecular flexibility index (Phi) is 1.18. The van der Waals surface area contributed by atoms with Gasteiger partial charge in [-0.25, -0.2) is 8.91 Å². The van der Waals surface area contributed by atoms with E-state index in [0.717, 1.165) is 5.56 Å². The van der Waals surface area contributed by atoms with Crippen molar-refractivity contribution in [2.24, 2.45) is 0 Å². The van der Waals surface area contributed by atoms with E-state index in [1.165, 1.54) is 10.6 Å². The van der Waals surface area contributed by atoms with Gasteiger partial charge in [-0.1, -0.05) is 0 Å². The fraction of sp³-hybridized carbons (Fsp3) is 0.125. The standard InChI is InChI=1S/C8H7FN2/c1-6-5-10-11-4-2-3-7(9)8(6)11/h2-5H,1H3. The molecular formula is C8H7FN2. The summed E-state index contributed by atoms with van der Waals surface area (Å²) in [7, 11) is 0. The van der Waals surface area contributed by atoms with Gasteiger partial charge in [0.25, 0.3) is 0 Å². The quantitative estimate of drug-likeness (QED) is 0.559. The van der Waals surface area contributed by atoms with Crippen LogP contribution in [0.1, 0.15) is 5.56 Å². The van der Waals surface area contributed by atoms with Crippen molar-refractivity contribution in [1.82, 2.24) is 9.61 Å². The molecule has 0 radical (unpaired) electrons. The fourth-order valence-electron chi connectivity index (χ4n) is 1.15. The van der Waals surface area contributed by atoms with Gasteiger partial charge in [0.2, 0.25) is 0 Å². The second kappa shape index (κ2) is 2.05. The van der Waals surface area contributed by atoms with E-state index in [2.05, 4.69) is 5.10 Å². The first-order chi connectivity index (χ1) is 5.29. The topological polar surface area (TPSA) is 17.3 Å². The van der Waals surface area contributed by atoms with Crippen LogP contribution < -0.4 is 0 Å². The number of pyridine rings is 1. The normalized spacial score (nSPS) is 10.7. The number of nitrogens with zero attached hydrogens (tertiary/aromatic N) is 2. The molecule has 2 nitrogen and oxygen atoms in total. The largest absolute Gasteiger partial charge is 0.238 e. The molecule has 0 spiro atoms. The monoisotopic (exact) mass is 150 g/mol. The third kappa shape index (κ3) is 0.808. The number of aromatic nitrogens is 2. The lowest BCUT2D eigenvalue weighted by atomic mass is 10.3. The molecule has 11 heavy (non-hydrogen) atoms. The fourth-order valence-corrected chi connectivity index (χ4v) is 1.15. The Labute approximate surface area is 63.3 Å². The molecule has 0 aromatic carbocycles. The first-order valence-corrected chi connectivity index (χ1v) is 3.37. The number of halogens is 1. The number of aryl methyl sites for hydroxylation is 1. The van der Waals surface area contributed by atoms with E-state index in [4.69, 9.17) is 0 Å². The van der Waals surface area contributed by atoms with Gasteiger partial charge >= 0.3 is 0 Å². The molecule has 0 aliphatic rings. The molecule has 3 heteroatoms. The summed E-state index contributed by atoms with van der Waals surface area (Å²) in [5.41, 5.74) is 1.43. The molecule has 0 atom stereocenters.